The zero-order chi connectivity index (χ0) is 11.0. The maximum absolute atomic E-state index is 5.36. The van der Waals surface area contributed by atoms with Gasteiger partial charge in [-0.1, -0.05) is 0 Å². The van der Waals surface area contributed by atoms with Crippen molar-refractivity contribution in [1.82, 2.24) is 23.9 Å². The average Bonchev–Trinajstić information content (AvgIpc) is 2.98. The summed E-state index contributed by atoms with van der Waals surface area (Å²) >= 11 is 0. The quantitative estimate of drug-likeness (QED) is 0.471. The van der Waals surface area contributed by atoms with E-state index in [-0.39, 0.29) is 0 Å². The van der Waals surface area contributed by atoms with E-state index < -0.39 is 0 Å². The largest absolute Gasteiger partial charge is 0.307 e. The number of hydrogen-bond donors (Lipinski definition) is 2. The second kappa shape index (κ2) is 3.31. The highest BCUT2D eigenvalue weighted by Crippen LogP contribution is 2.14. The van der Waals surface area contributed by atoms with Gasteiger partial charge in [0.2, 0.25) is 0 Å². The molecule has 0 unspecified atom stereocenters. The molecule has 0 amide bonds. The maximum Gasteiger partial charge on any atom is 0.184 e. The molecule has 7 nitrogen and oxygen atoms in total. The first-order valence-electron chi connectivity index (χ1n) is 4.67. The van der Waals surface area contributed by atoms with Gasteiger partial charge in [-0.05, 0) is 0 Å². The van der Waals surface area contributed by atoms with Crippen LogP contribution in [0.4, 0.5) is 5.82 Å². The first-order chi connectivity index (χ1) is 7.88. The minimum absolute atomic E-state index is 0.564. The number of imidazole rings is 2. The molecule has 0 aliphatic heterocycles. The zero-order valence-electron chi connectivity index (χ0n) is 8.28. The van der Waals surface area contributed by atoms with Crippen LogP contribution in [-0.4, -0.2) is 23.9 Å². The van der Waals surface area contributed by atoms with E-state index in [1.54, 1.807) is 35.7 Å². The minimum atomic E-state index is 0.564. The van der Waals surface area contributed by atoms with Crippen LogP contribution in [-0.2, 0) is 0 Å². The van der Waals surface area contributed by atoms with Crippen molar-refractivity contribution in [3.05, 3.63) is 37.3 Å². The van der Waals surface area contributed by atoms with Gasteiger partial charge in [-0.15, -0.1) is 0 Å². The Morgan fingerprint density at radius 2 is 2.19 bits per heavy atom. The highest BCUT2D eigenvalue weighted by Gasteiger charge is 2.08. The molecule has 0 aliphatic carbocycles. The molecule has 3 aromatic rings. The molecule has 3 rings (SSSR count). The molecule has 0 aliphatic rings. The molecule has 0 saturated heterocycles. The molecular weight excluding hydrogens is 206 g/mol. The summed E-state index contributed by atoms with van der Waals surface area (Å²) in [4.78, 5) is 12.6. The fourth-order valence-electron chi connectivity index (χ4n) is 1.54. The van der Waals surface area contributed by atoms with Crippen molar-refractivity contribution < 1.29 is 0 Å². The van der Waals surface area contributed by atoms with Gasteiger partial charge in [-0.3, -0.25) is 4.57 Å². The second-order valence-electron chi connectivity index (χ2n) is 3.22. The molecule has 0 saturated carbocycles. The third-order valence-electron chi connectivity index (χ3n) is 2.25. The summed E-state index contributed by atoms with van der Waals surface area (Å²) < 4.78 is 3.63. The van der Waals surface area contributed by atoms with Crippen molar-refractivity contribution in [2.75, 3.05) is 5.43 Å². The molecule has 80 valence electrons. The third-order valence-corrected chi connectivity index (χ3v) is 2.25. The van der Waals surface area contributed by atoms with Gasteiger partial charge >= 0.3 is 0 Å². The normalized spacial score (nSPS) is 10.8. The fourth-order valence-corrected chi connectivity index (χ4v) is 1.54. The Kier molecular flexibility index (Phi) is 1.84. The average molecular weight is 215 g/mol. The number of nitrogen functional groups attached to an aromatic ring is 1. The van der Waals surface area contributed by atoms with Crippen LogP contribution < -0.4 is 11.3 Å². The lowest BCUT2D eigenvalue weighted by Gasteiger charge is -2.06. The number of nitrogens with one attached hydrogen (secondary N) is 1. The molecule has 0 aromatic carbocycles. The number of hydrogen-bond acceptors (Lipinski definition) is 5. The fraction of sp³-hybridized carbons (Fsp3) is 0. The van der Waals surface area contributed by atoms with Crippen LogP contribution in [0.1, 0.15) is 0 Å². The zero-order valence-corrected chi connectivity index (χ0v) is 8.28. The van der Waals surface area contributed by atoms with Crippen LogP contribution in [0.5, 0.6) is 0 Å². The van der Waals surface area contributed by atoms with E-state index in [1.807, 2.05) is 10.6 Å². The number of nitrogens with zero attached hydrogens (tertiary/aromatic N) is 5. The third kappa shape index (κ3) is 1.22. The van der Waals surface area contributed by atoms with Crippen LogP contribution in [0.15, 0.2) is 37.3 Å². The number of hydrazine groups is 1. The van der Waals surface area contributed by atoms with Gasteiger partial charge in [0.15, 0.2) is 17.3 Å². The SMILES string of the molecule is NNc1cn2ccnc2c(-n2ccnc2)n1. The van der Waals surface area contributed by atoms with Crippen molar-refractivity contribution in [3.8, 4) is 5.82 Å². The number of rotatable bonds is 2. The Hall–Kier alpha value is -2.41. The van der Waals surface area contributed by atoms with Gasteiger partial charge in [-0.25, -0.2) is 20.8 Å². The van der Waals surface area contributed by atoms with Crippen LogP contribution in [0.2, 0.25) is 0 Å². The first kappa shape index (κ1) is 8.86. The van der Waals surface area contributed by atoms with Gasteiger partial charge in [-0.2, -0.15) is 0 Å². The summed E-state index contributed by atoms with van der Waals surface area (Å²) in [6, 6.07) is 0. The van der Waals surface area contributed by atoms with E-state index in [4.69, 9.17) is 5.84 Å². The van der Waals surface area contributed by atoms with E-state index in [9.17, 15) is 0 Å². The molecule has 0 atom stereocenters. The predicted molar refractivity (Wildman–Crippen MR) is 57.9 cm³/mol. The minimum Gasteiger partial charge on any atom is -0.307 e. The van der Waals surface area contributed by atoms with Crippen LogP contribution in [0, 0.1) is 0 Å². The molecular formula is C9H9N7. The molecule has 0 bridgehead atoms. The van der Waals surface area contributed by atoms with Crippen molar-refractivity contribution in [1.29, 1.82) is 0 Å². The summed E-state index contributed by atoms with van der Waals surface area (Å²) in [5.41, 5.74) is 3.26. The Morgan fingerprint density at radius 1 is 1.25 bits per heavy atom. The highest BCUT2D eigenvalue weighted by molar-refractivity contribution is 5.57. The van der Waals surface area contributed by atoms with Gasteiger partial charge in [0.25, 0.3) is 0 Å². The van der Waals surface area contributed by atoms with Crippen molar-refractivity contribution >= 4 is 11.5 Å². The highest BCUT2D eigenvalue weighted by atomic mass is 15.3. The predicted octanol–water partition coefficient (Wildman–Crippen LogP) is 0.201. The molecule has 0 fully saturated rings. The maximum atomic E-state index is 5.36. The van der Waals surface area contributed by atoms with E-state index in [0.717, 1.165) is 5.65 Å². The summed E-state index contributed by atoms with van der Waals surface area (Å²) in [7, 11) is 0. The standard InChI is InChI=1S/C9H9N7/c10-14-7-5-15-4-2-12-8(15)9(13-7)16-3-1-11-6-16/h1-6,14H,10H2. The monoisotopic (exact) mass is 215 g/mol. The lowest BCUT2D eigenvalue weighted by molar-refractivity contribution is 0.966. The first-order valence-corrected chi connectivity index (χ1v) is 4.67. The van der Waals surface area contributed by atoms with Crippen molar-refractivity contribution in [2.24, 2.45) is 5.84 Å². The molecule has 16 heavy (non-hydrogen) atoms. The van der Waals surface area contributed by atoms with Crippen LogP contribution >= 0.6 is 0 Å². The number of aromatic nitrogens is 5. The lowest BCUT2D eigenvalue weighted by Crippen LogP contribution is -2.11. The van der Waals surface area contributed by atoms with E-state index in [0.29, 0.717) is 11.6 Å². The van der Waals surface area contributed by atoms with Gasteiger partial charge in [0.1, 0.15) is 6.33 Å². The second-order valence-corrected chi connectivity index (χ2v) is 3.22. The van der Waals surface area contributed by atoms with Crippen LogP contribution in [0.3, 0.4) is 0 Å². The van der Waals surface area contributed by atoms with Gasteiger partial charge in [0, 0.05) is 24.8 Å². The Labute approximate surface area is 90.5 Å². The topological polar surface area (TPSA) is 86.1 Å². The molecule has 7 heteroatoms. The summed E-state index contributed by atoms with van der Waals surface area (Å²) in [5.74, 6) is 6.60. The molecule has 3 aromatic heterocycles. The van der Waals surface area contributed by atoms with E-state index >= 15 is 0 Å². The smallest absolute Gasteiger partial charge is 0.184 e. The molecule has 3 heterocycles. The Balaban J connectivity index is 2.33. The van der Waals surface area contributed by atoms with Crippen molar-refractivity contribution in [3.63, 3.8) is 0 Å². The summed E-state index contributed by atoms with van der Waals surface area (Å²) in [6.07, 6.45) is 10.5. The van der Waals surface area contributed by atoms with Gasteiger partial charge < -0.3 is 9.83 Å². The summed E-state index contributed by atoms with van der Waals surface area (Å²) in [5, 5.41) is 0. The summed E-state index contributed by atoms with van der Waals surface area (Å²) in [6.45, 7) is 0. The Bertz CT molecular complexity index is 610. The number of anilines is 1. The van der Waals surface area contributed by atoms with Gasteiger partial charge in [0.05, 0.1) is 6.20 Å². The molecule has 0 spiro atoms. The van der Waals surface area contributed by atoms with Crippen LogP contribution in [0.25, 0.3) is 11.5 Å². The number of nitrogens with two attached hydrogens (primary N) is 1. The van der Waals surface area contributed by atoms with Crippen molar-refractivity contribution in [2.45, 2.75) is 0 Å². The van der Waals surface area contributed by atoms with E-state index in [1.165, 1.54) is 0 Å². The lowest BCUT2D eigenvalue weighted by atomic mass is 10.5. The number of fused-ring (bicyclic) bond motifs is 1. The molecule has 3 N–H and O–H groups in total. The molecule has 0 radical (unpaired) electrons. The Morgan fingerprint density at radius 3 is 2.94 bits per heavy atom. The van der Waals surface area contributed by atoms with E-state index in [2.05, 4.69) is 20.4 Å².